The molecular weight excluding hydrogens is 255 g/mol. The summed E-state index contributed by atoms with van der Waals surface area (Å²) in [5.74, 6) is -1.09. The highest BCUT2D eigenvalue weighted by Gasteiger charge is 2.15. The number of fused-ring (bicyclic) bond motifs is 1. The minimum atomic E-state index is -0.895. The molecule has 2 heterocycles. The molecule has 0 aliphatic rings. The number of rotatable bonds is 1. The van der Waals surface area contributed by atoms with Gasteiger partial charge in [-0.2, -0.15) is 4.39 Å². The fourth-order valence-electron chi connectivity index (χ4n) is 1.23. The van der Waals surface area contributed by atoms with E-state index in [1.165, 1.54) is 12.3 Å². The zero-order chi connectivity index (χ0) is 10.3. The fourth-order valence-corrected chi connectivity index (χ4v) is 1.64. The van der Waals surface area contributed by atoms with E-state index in [2.05, 4.69) is 21.0 Å². The molecule has 0 unspecified atom stereocenters. The molecule has 72 valence electrons. The highest BCUT2D eigenvalue weighted by atomic mass is 79.9. The number of carbonyl (C=O) groups excluding carboxylic acids is 1. The van der Waals surface area contributed by atoms with Crippen molar-refractivity contribution in [2.45, 2.75) is 0 Å². The first kappa shape index (κ1) is 9.14. The van der Waals surface area contributed by atoms with Gasteiger partial charge in [0, 0.05) is 10.7 Å². The van der Waals surface area contributed by atoms with Crippen LogP contribution in [-0.4, -0.2) is 21.0 Å². The van der Waals surface area contributed by atoms with Crippen LogP contribution >= 0.6 is 15.9 Å². The number of hydrogen-bond acceptors (Lipinski definition) is 3. The maximum absolute atomic E-state index is 13.0. The lowest BCUT2D eigenvalue weighted by Crippen LogP contribution is -1.87. The van der Waals surface area contributed by atoms with E-state index >= 15 is 0 Å². The molecule has 2 rings (SSSR count). The third kappa shape index (κ3) is 1.19. The van der Waals surface area contributed by atoms with Gasteiger partial charge < -0.3 is 5.11 Å². The Kier molecular flexibility index (Phi) is 1.99. The summed E-state index contributed by atoms with van der Waals surface area (Å²) >= 11 is 3.11. The zero-order valence-corrected chi connectivity index (χ0v) is 8.32. The molecule has 0 saturated carbocycles. The van der Waals surface area contributed by atoms with Crippen LogP contribution in [0, 0.1) is 5.95 Å². The predicted molar refractivity (Wildman–Crippen MR) is 49.9 cm³/mol. The first-order valence-corrected chi connectivity index (χ1v) is 4.44. The van der Waals surface area contributed by atoms with Gasteiger partial charge in [0.15, 0.2) is 6.29 Å². The Hall–Kier alpha value is -1.43. The average Bonchev–Trinajstić information content (AvgIpc) is 2.40. The second-order valence-electron chi connectivity index (χ2n) is 2.66. The highest BCUT2D eigenvalue weighted by molar-refractivity contribution is 9.10. The summed E-state index contributed by atoms with van der Waals surface area (Å²) in [4.78, 5) is 10.5. The second kappa shape index (κ2) is 3.06. The molecule has 0 aliphatic carbocycles. The molecule has 0 bridgehead atoms. The SMILES string of the molecule is O=Cc1c(F)nn2cc(Br)cc(O)c12. The standard InChI is InChI=1S/C8H4BrFN2O2/c9-4-1-6(14)7-5(3-13)8(10)11-12(7)2-4/h1-3,14H. The molecule has 1 N–H and O–H groups in total. The normalized spacial score (nSPS) is 10.7. The number of aldehydes is 1. The summed E-state index contributed by atoms with van der Waals surface area (Å²) in [6.45, 7) is 0. The summed E-state index contributed by atoms with van der Waals surface area (Å²) in [6.07, 6.45) is 1.77. The van der Waals surface area contributed by atoms with E-state index in [1.807, 2.05) is 0 Å². The van der Waals surface area contributed by atoms with Crippen LogP contribution in [0.25, 0.3) is 5.52 Å². The van der Waals surface area contributed by atoms with Crippen LogP contribution in [0.2, 0.25) is 0 Å². The molecule has 2 aromatic rings. The van der Waals surface area contributed by atoms with Gasteiger partial charge in [0.1, 0.15) is 16.8 Å². The predicted octanol–water partition coefficient (Wildman–Crippen LogP) is 1.75. The fraction of sp³-hybridized carbons (Fsp3) is 0. The maximum Gasteiger partial charge on any atom is 0.244 e. The van der Waals surface area contributed by atoms with Gasteiger partial charge in [0.2, 0.25) is 5.95 Å². The second-order valence-corrected chi connectivity index (χ2v) is 3.57. The van der Waals surface area contributed by atoms with Crippen LogP contribution in [0.4, 0.5) is 4.39 Å². The van der Waals surface area contributed by atoms with Gasteiger partial charge in [-0.1, -0.05) is 0 Å². The van der Waals surface area contributed by atoms with Gasteiger partial charge in [-0.3, -0.25) is 4.79 Å². The minimum absolute atomic E-state index is 0.0701. The number of pyridine rings is 1. The summed E-state index contributed by atoms with van der Waals surface area (Å²) < 4.78 is 14.7. The molecule has 0 radical (unpaired) electrons. The number of aromatic hydroxyl groups is 1. The molecule has 0 aliphatic heterocycles. The molecule has 0 saturated heterocycles. The van der Waals surface area contributed by atoms with Crippen molar-refractivity contribution in [1.82, 2.24) is 9.61 Å². The largest absolute Gasteiger partial charge is 0.506 e. The molecule has 0 fully saturated rings. The average molecular weight is 259 g/mol. The molecule has 2 aromatic heterocycles. The van der Waals surface area contributed by atoms with Gasteiger partial charge in [0.25, 0.3) is 0 Å². The van der Waals surface area contributed by atoms with Crippen molar-refractivity contribution in [3.8, 4) is 5.75 Å². The Morgan fingerprint density at radius 2 is 2.36 bits per heavy atom. The van der Waals surface area contributed by atoms with Gasteiger partial charge in [-0.25, -0.2) is 4.52 Å². The van der Waals surface area contributed by atoms with Crippen molar-refractivity contribution in [3.05, 3.63) is 28.2 Å². The van der Waals surface area contributed by atoms with Crippen LogP contribution in [0.1, 0.15) is 10.4 Å². The number of nitrogens with zero attached hydrogens (tertiary/aromatic N) is 2. The summed E-state index contributed by atoms with van der Waals surface area (Å²) in [6, 6.07) is 1.36. The van der Waals surface area contributed by atoms with Crippen LogP contribution in [-0.2, 0) is 0 Å². The van der Waals surface area contributed by atoms with Crippen molar-refractivity contribution in [1.29, 1.82) is 0 Å². The highest BCUT2D eigenvalue weighted by Crippen LogP contribution is 2.26. The van der Waals surface area contributed by atoms with Crippen molar-refractivity contribution in [2.24, 2.45) is 0 Å². The van der Waals surface area contributed by atoms with E-state index in [9.17, 15) is 14.3 Å². The van der Waals surface area contributed by atoms with E-state index in [1.54, 1.807) is 0 Å². The molecule has 0 spiro atoms. The van der Waals surface area contributed by atoms with E-state index in [0.29, 0.717) is 10.8 Å². The minimum Gasteiger partial charge on any atom is -0.506 e. The van der Waals surface area contributed by atoms with E-state index in [0.717, 1.165) is 4.52 Å². The smallest absolute Gasteiger partial charge is 0.244 e. The molecule has 0 aromatic carbocycles. The van der Waals surface area contributed by atoms with Gasteiger partial charge in [-0.15, -0.1) is 5.10 Å². The Labute approximate surface area is 86.1 Å². The van der Waals surface area contributed by atoms with Crippen LogP contribution in [0.3, 0.4) is 0 Å². The Balaban J connectivity index is 2.95. The van der Waals surface area contributed by atoms with Crippen LogP contribution in [0.15, 0.2) is 16.7 Å². The summed E-state index contributed by atoms with van der Waals surface area (Å²) in [7, 11) is 0. The van der Waals surface area contributed by atoms with Crippen molar-refractivity contribution >= 4 is 27.7 Å². The number of hydrogen-bond donors (Lipinski definition) is 1. The zero-order valence-electron chi connectivity index (χ0n) is 6.74. The molecule has 14 heavy (non-hydrogen) atoms. The summed E-state index contributed by atoms with van der Waals surface area (Å²) in [5.41, 5.74) is -0.171. The maximum atomic E-state index is 13.0. The van der Waals surface area contributed by atoms with Crippen molar-refractivity contribution in [2.75, 3.05) is 0 Å². The van der Waals surface area contributed by atoms with Gasteiger partial charge in [-0.05, 0) is 22.0 Å². The Bertz CT molecular complexity index is 524. The summed E-state index contributed by atoms with van der Waals surface area (Å²) in [5, 5.41) is 12.9. The van der Waals surface area contributed by atoms with E-state index in [-0.39, 0.29) is 16.8 Å². The molecule has 4 nitrogen and oxygen atoms in total. The topological polar surface area (TPSA) is 54.6 Å². The lowest BCUT2D eigenvalue weighted by molar-refractivity contribution is 0.112. The lowest BCUT2D eigenvalue weighted by atomic mass is 10.2. The number of halogens is 2. The van der Waals surface area contributed by atoms with E-state index < -0.39 is 5.95 Å². The third-order valence-electron chi connectivity index (χ3n) is 1.78. The van der Waals surface area contributed by atoms with Crippen molar-refractivity contribution in [3.63, 3.8) is 0 Å². The quantitative estimate of drug-likeness (QED) is 0.794. The van der Waals surface area contributed by atoms with Crippen molar-refractivity contribution < 1.29 is 14.3 Å². The molecule has 6 heteroatoms. The Morgan fingerprint density at radius 1 is 1.64 bits per heavy atom. The Morgan fingerprint density at radius 3 is 3.00 bits per heavy atom. The van der Waals surface area contributed by atoms with Crippen LogP contribution in [0.5, 0.6) is 5.75 Å². The number of aromatic nitrogens is 2. The molecule has 0 atom stereocenters. The first-order valence-electron chi connectivity index (χ1n) is 3.65. The van der Waals surface area contributed by atoms with Crippen LogP contribution < -0.4 is 0 Å². The van der Waals surface area contributed by atoms with Gasteiger partial charge in [0.05, 0.1) is 0 Å². The van der Waals surface area contributed by atoms with Gasteiger partial charge >= 0.3 is 0 Å². The first-order chi connectivity index (χ1) is 6.63. The van der Waals surface area contributed by atoms with E-state index in [4.69, 9.17) is 0 Å². The third-order valence-corrected chi connectivity index (χ3v) is 2.22. The lowest BCUT2D eigenvalue weighted by Gasteiger charge is -1.97. The molecular formula is C8H4BrFN2O2. The molecule has 0 amide bonds. The number of carbonyl (C=O) groups is 1. The monoisotopic (exact) mass is 258 g/mol.